The number of hydrogen-bond donors (Lipinski definition) is 2. The number of nitrogens with zero attached hydrogens (tertiary/aromatic N) is 1. The third-order valence-electron chi connectivity index (χ3n) is 5.13. The number of nitro groups is 1. The van der Waals surface area contributed by atoms with Gasteiger partial charge in [0.05, 0.1) is 10.2 Å². The average molecular weight is 472 g/mol. The number of carbonyl (C=O) groups excluding carboxylic acids is 2. The van der Waals surface area contributed by atoms with Crippen molar-refractivity contribution < 1.29 is 14.5 Å². The Kier molecular flexibility index (Phi) is 6.89. The zero-order valence-corrected chi connectivity index (χ0v) is 19.0. The fraction of sp³-hybridized carbons (Fsp3) is 0.0769. The minimum Gasteiger partial charge on any atom is -0.325 e. The highest BCUT2D eigenvalue weighted by Gasteiger charge is 2.16. The Morgan fingerprint density at radius 2 is 1.53 bits per heavy atom. The molecule has 0 spiro atoms. The molecule has 8 heteroatoms. The van der Waals surface area contributed by atoms with E-state index < -0.39 is 4.92 Å². The molecule has 0 aliphatic carbocycles. The molecule has 4 rings (SSSR count). The number of fused-ring (bicyclic) bond motifs is 1. The lowest BCUT2D eigenvalue weighted by Crippen LogP contribution is -2.22. The predicted octanol–water partition coefficient (Wildman–Crippen LogP) is 6.12. The third-order valence-corrected chi connectivity index (χ3v) is 6.23. The van der Waals surface area contributed by atoms with Crippen LogP contribution in [0.4, 0.5) is 17.1 Å². The first-order chi connectivity index (χ1) is 16.4. The molecule has 0 saturated heterocycles. The summed E-state index contributed by atoms with van der Waals surface area (Å²) in [7, 11) is 0. The van der Waals surface area contributed by atoms with Crippen molar-refractivity contribution in [3.63, 3.8) is 0 Å². The van der Waals surface area contributed by atoms with Gasteiger partial charge in [0.1, 0.15) is 0 Å². The zero-order chi connectivity index (χ0) is 24.1. The van der Waals surface area contributed by atoms with Gasteiger partial charge in [-0.25, -0.2) is 0 Å². The molecular formula is C26H21N3O4S. The number of thioether (sulfide) groups is 1. The summed E-state index contributed by atoms with van der Waals surface area (Å²) in [6, 6.07) is 26.3. The molecule has 0 heterocycles. The molecule has 0 aromatic heterocycles. The van der Waals surface area contributed by atoms with Crippen molar-refractivity contribution in [2.45, 2.75) is 17.1 Å². The van der Waals surface area contributed by atoms with E-state index in [1.165, 1.54) is 36.0 Å². The van der Waals surface area contributed by atoms with Crippen molar-refractivity contribution in [2.75, 3.05) is 10.6 Å². The Bertz CT molecular complexity index is 1370. The molecule has 0 saturated carbocycles. The van der Waals surface area contributed by atoms with E-state index in [9.17, 15) is 19.7 Å². The Balaban J connectivity index is 1.38. The van der Waals surface area contributed by atoms with Crippen LogP contribution in [0, 0.1) is 10.1 Å². The first-order valence-electron chi connectivity index (χ1n) is 10.5. The van der Waals surface area contributed by atoms with Crippen LogP contribution in [0.3, 0.4) is 0 Å². The van der Waals surface area contributed by atoms with E-state index in [2.05, 4.69) is 10.6 Å². The maximum atomic E-state index is 12.7. The highest BCUT2D eigenvalue weighted by atomic mass is 32.2. The fourth-order valence-electron chi connectivity index (χ4n) is 3.35. The number of amides is 2. The molecule has 4 aromatic carbocycles. The summed E-state index contributed by atoms with van der Waals surface area (Å²) < 4.78 is 0. The lowest BCUT2D eigenvalue weighted by atomic mass is 10.1. The largest absolute Gasteiger partial charge is 0.325 e. The number of benzene rings is 4. The highest BCUT2D eigenvalue weighted by molar-refractivity contribution is 8.00. The van der Waals surface area contributed by atoms with E-state index in [1.54, 1.807) is 18.2 Å². The summed E-state index contributed by atoms with van der Waals surface area (Å²) in [6.07, 6.45) is 0. The number of carbonyl (C=O) groups is 2. The summed E-state index contributed by atoms with van der Waals surface area (Å²) in [5, 5.41) is 18.3. The van der Waals surface area contributed by atoms with E-state index in [1.807, 2.05) is 55.5 Å². The van der Waals surface area contributed by atoms with Crippen LogP contribution in [0.5, 0.6) is 0 Å². The molecule has 34 heavy (non-hydrogen) atoms. The van der Waals surface area contributed by atoms with Crippen molar-refractivity contribution >= 4 is 51.4 Å². The van der Waals surface area contributed by atoms with Gasteiger partial charge in [0.15, 0.2) is 0 Å². The normalized spacial score (nSPS) is 11.6. The summed E-state index contributed by atoms with van der Waals surface area (Å²) in [6.45, 7) is 1.82. The van der Waals surface area contributed by atoms with Crippen LogP contribution < -0.4 is 10.6 Å². The first kappa shape index (κ1) is 23.0. The van der Waals surface area contributed by atoms with Crippen LogP contribution in [0.15, 0.2) is 95.9 Å². The quantitative estimate of drug-likeness (QED) is 0.192. The summed E-state index contributed by atoms with van der Waals surface area (Å²) in [5.41, 5.74) is 1.54. The SMILES string of the molecule is CC(Sc1cccc(NC(=O)c2ccc([N+](=O)[O-])cc2)c1)C(=O)Nc1ccc2ccccc2c1. The minimum atomic E-state index is -0.514. The second-order valence-electron chi connectivity index (χ2n) is 7.60. The van der Waals surface area contributed by atoms with Gasteiger partial charge in [-0.1, -0.05) is 36.4 Å². The molecule has 4 aromatic rings. The number of anilines is 2. The van der Waals surface area contributed by atoms with Gasteiger partial charge in [-0.05, 0) is 60.2 Å². The van der Waals surface area contributed by atoms with E-state index in [4.69, 9.17) is 0 Å². The summed E-state index contributed by atoms with van der Waals surface area (Å²) in [4.78, 5) is 36.3. The van der Waals surface area contributed by atoms with Crippen molar-refractivity contribution in [3.05, 3.63) is 107 Å². The minimum absolute atomic E-state index is 0.0779. The Morgan fingerprint density at radius 3 is 2.26 bits per heavy atom. The number of nitrogens with one attached hydrogen (secondary N) is 2. The average Bonchev–Trinajstić information content (AvgIpc) is 2.84. The van der Waals surface area contributed by atoms with E-state index >= 15 is 0 Å². The molecule has 1 unspecified atom stereocenters. The third kappa shape index (κ3) is 5.60. The molecule has 2 amide bonds. The molecule has 0 aliphatic heterocycles. The molecule has 7 nitrogen and oxygen atoms in total. The van der Waals surface area contributed by atoms with Gasteiger partial charge < -0.3 is 10.6 Å². The Morgan fingerprint density at radius 1 is 0.824 bits per heavy atom. The maximum Gasteiger partial charge on any atom is 0.269 e. The smallest absolute Gasteiger partial charge is 0.269 e. The first-order valence-corrected chi connectivity index (χ1v) is 11.4. The number of hydrogen-bond acceptors (Lipinski definition) is 5. The second-order valence-corrected chi connectivity index (χ2v) is 9.01. The lowest BCUT2D eigenvalue weighted by molar-refractivity contribution is -0.384. The Hall–Kier alpha value is -4.17. The molecule has 0 aliphatic rings. The van der Waals surface area contributed by atoms with Crippen molar-refractivity contribution in [2.24, 2.45) is 0 Å². The molecule has 0 bridgehead atoms. The van der Waals surface area contributed by atoms with E-state index in [-0.39, 0.29) is 22.8 Å². The van der Waals surface area contributed by atoms with Crippen LogP contribution in [0.25, 0.3) is 10.8 Å². The molecule has 170 valence electrons. The lowest BCUT2D eigenvalue weighted by Gasteiger charge is -2.13. The van der Waals surface area contributed by atoms with Crippen molar-refractivity contribution in [1.82, 2.24) is 0 Å². The van der Waals surface area contributed by atoms with Gasteiger partial charge in [-0.15, -0.1) is 11.8 Å². The number of nitro benzene ring substituents is 1. The van der Waals surface area contributed by atoms with Gasteiger partial charge in [0, 0.05) is 34.0 Å². The van der Waals surface area contributed by atoms with Crippen LogP contribution in [0.1, 0.15) is 17.3 Å². The van der Waals surface area contributed by atoms with Gasteiger partial charge in [0.2, 0.25) is 5.91 Å². The fourth-order valence-corrected chi connectivity index (χ4v) is 4.28. The monoisotopic (exact) mass is 471 g/mol. The van der Waals surface area contributed by atoms with Crippen LogP contribution >= 0.6 is 11.8 Å². The van der Waals surface area contributed by atoms with Crippen LogP contribution in [-0.2, 0) is 4.79 Å². The predicted molar refractivity (Wildman–Crippen MR) is 135 cm³/mol. The zero-order valence-electron chi connectivity index (χ0n) is 18.2. The van der Waals surface area contributed by atoms with Gasteiger partial charge in [0.25, 0.3) is 11.6 Å². The van der Waals surface area contributed by atoms with Crippen molar-refractivity contribution in [1.29, 1.82) is 0 Å². The van der Waals surface area contributed by atoms with Crippen molar-refractivity contribution in [3.8, 4) is 0 Å². The van der Waals surface area contributed by atoms with Gasteiger partial charge in [-0.3, -0.25) is 19.7 Å². The van der Waals surface area contributed by atoms with Gasteiger partial charge >= 0.3 is 0 Å². The molecule has 1 atom stereocenters. The van der Waals surface area contributed by atoms with Gasteiger partial charge in [-0.2, -0.15) is 0 Å². The molecule has 0 fully saturated rings. The van der Waals surface area contributed by atoms with Crippen LogP contribution in [-0.4, -0.2) is 22.0 Å². The maximum absolute atomic E-state index is 12.7. The topological polar surface area (TPSA) is 101 Å². The van der Waals surface area contributed by atoms with E-state index in [0.717, 1.165) is 21.4 Å². The molecule has 2 N–H and O–H groups in total. The van der Waals surface area contributed by atoms with Crippen LogP contribution in [0.2, 0.25) is 0 Å². The van der Waals surface area contributed by atoms with E-state index in [0.29, 0.717) is 11.3 Å². The standard InChI is InChI=1S/C26H21N3O4S/c1-17(25(30)27-22-12-9-18-5-2-3-6-20(18)15-22)34-24-8-4-7-21(16-24)28-26(31)19-10-13-23(14-11-19)29(32)33/h2-17H,1H3,(H,27,30)(H,28,31). The molecular weight excluding hydrogens is 450 g/mol. The summed E-state index contributed by atoms with van der Waals surface area (Å²) in [5.74, 6) is -0.500. The summed E-state index contributed by atoms with van der Waals surface area (Å²) >= 11 is 1.38. The number of rotatable bonds is 7. The number of non-ortho nitro benzene ring substituents is 1. The molecule has 0 radical (unpaired) electrons. The highest BCUT2D eigenvalue weighted by Crippen LogP contribution is 2.27. The second kappa shape index (κ2) is 10.2. The Labute approximate surface area is 200 Å².